The van der Waals surface area contributed by atoms with Crippen molar-refractivity contribution in [1.82, 2.24) is 0 Å². The summed E-state index contributed by atoms with van der Waals surface area (Å²) < 4.78 is 30.1. The van der Waals surface area contributed by atoms with E-state index in [-0.39, 0.29) is 16.0 Å². The summed E-state index contributed by atoms with van der Waals surface area (Å²) in [6, 6.07) is 5.66. The Kier molecular flexibility index (Phi) is 3.82. The van der Waals surface area contributed by atoms with E-state index in [1.807, 2.05) is 0 Å². The molecule has 0 bridgehead atoms. The number of rotatable bonds is 3. The van der Waals surface area contributed by atoms with Gasteiger partial charge in [-0.3, -0.25) is 9.59 Å². The Labute approximate surface area is 122 Å². The molecule has 0 aliphatic heterocycles. The molecule has 0 atom stereocenters. The molecule has 5 nitrogen and oxygen atoms in total. The number of ether oxygens (including phenoxy) is 1. The van der Waals surface area contributed by atoms with Gasteiger partial charge in [0.05, 0.1) is 12.0 Å². The molecule has 0 saturated carbocycles. The molecule has 2 rings (SSSR count). The molecule has 0 fully saturated rings. The molecule has 1 aliphatic carbocycles. The molecule has 0 saturated heterocycles. The second kappa shape index (κ2) is 5.29. The summed E-state index contributed by atoms with van der Waals surface area (Å²) in [4.78, 5) is 23.4. The van der Waals surface area contributed by atoms with E-state index >= 15 is 0 Å². The lowest BCUT2D eigenvalue weighted by Gasteiger charge is -2.15. The minimum Gasteiger partial charge on any atom is -0.497 e. The van der Waals surface area contributed by atoms with E-state index in [1.165, 1.54) is 45.2 Å². The van der Waals surface area contributed by atoms with Crippen LogP contribution in [0, 0.1) is 0 Å². The molecule has 110 valence electrons. The lowest BCUT2D eigenvalue weighted by atomic mass is 9.98. The van der Waals surface area contributed by atoms with E-state index in [2.05, 4.69) is 0 Å². The number of methoxy groups -OCH3 is 1. The predicted octanol–water partition coefficient (Wildman–Crippen LogP) is 1.84. The third-order valence-corrected chi connectivity index (χ3v) is 5.19. The van der Waals surface area contributed by atoms with Crippen LogP contribution in [0.5, 0.6) is 5.75 Å². The Morgan fingerprint density at radius 2 is 1.57 bits per heavy atom. The van der Waals surface area contributed by atoms with Gasteiger partial charge in [-0.15, -0.1) is 0 Å². The highest BCUT2D eigenvalue weighted by atomic mass is 32.2. The first kappa shape index (κ1) is 15.2. The van der Waals surface area contributed by atoms with Gasteiger partial charge in [-0.2, -0.15) is 0 Å². The molecular formula is C15H14O5S. The van der Waals surface area contributed by atoms with Crippen LogP contribution in [-0.2, 0) is 19.4 Å². The molecule has 0 aromatic heterocycles. The first-order chi connectivity index (χ1) is 9.78. The van der Waals surface area contributed by atoms with Gasteiger partial charge in [0.1, 0.15) is 10.7 Å². The largest absolute Gasteiger partial charge is 0.497 e. The molecular weight excluding hydrogens is 292 g/mol. The number of hydrogen-bond donors (Lipinski definition) is 0. The van der Waals surface area contributed by atoms with Crippen LogP contribution in [0.4, 0.5) is 0 Å². The molecule has 0 spiro atoms. The SMILES string of the molecule is COc1ccc(S(=O)(=O)C2=C(C)C(=O)C(C)=CC2=O)cc1. The van der Waals surface area contributed by atoms with Crippen LogP contribution < -0.4 is 4.74 Å². The quantitative estimate of drug-likeness (QED) is 0.796. The zero-order chi connectivity index (χ0) is 15.8. The van der Waals surface area contributed by atoms with Crippen molar-refractivity contribution in [3.05, 3.63) is 46.4 Å². The third kappa shape index (κ3) is 2.54. The molecule has 1 aliphatic rings. The molecule has 6 heteroatoms. The van der Waals surface area contributed by atoms with Crippen LogP contribution >= 0.6 is 0 Å². The van der Waals surface area contributed by atoms with Crippen LogP contribution in [0.25, 0.3) is 0 Å². The Morgan fingerprint density at radius 1 is 1.00 bits per heavy atom. The number of ketones is 2. The van der Waals surface area contributed by atoms with Crippen LogP contribution in [0.1, 0.15) is 13.8 Å². The standard InChI is InChI=1S/C15H14O5S/c1-9-8-13(16)15(10(2)14(9)17)21(18,19)12-6-4-11(20-3)5-7-12/h4-8H,1-3H3. The van der Waals surface area contributed by atoms with Gasteiger partial charge in [-0.25, -0.2) is 8.42 Å². The second-order valence-corrected chi connectivity index (χ2v) is 6.54. The summed E-state index contributed by atoms with van der Waals surface area (Å²) in [5.74, 6) is -0.594. The zero-order valence-corrected chi connectivity index (χ0v) is 12.7. The van der Waals surface area contributed by atoms with Crippen molar-refractivity contribution in [2.45, 2.75) is 18.7 Å². The summed E-state index contributed by atoms with van der Waals surface area (Å²) >= 11 is 0. The van der Waals surface area contributed by atoms with Crippen LogP contribution in [0.15, 0.2) is 51.3 Å². The Morgan fingerprint density at radius 3 is 2.10 bits per heavy atom. The predicted molar refractivity (Wildman–Crippen MR) is 76.7 cm³/mol. The van der Waals surface area contributed by atoms with E-state index in [9.17, 15) is 18.0 Å². The first-order valence-corrected chi connectivity index (χ1v) is 7.64. The monoisotopic (exact) mass is 306 g/mol. The van der Waals surface area contributed by atoms with Crippen LogP contribution in [0.2, 0.25) is 0 Å². The highest BCUT2D eigenvalue weighted by Gasteiger charge is 2.33. The van der Waals surface area contributed by atoms with Crippen molar-refractivity contribution in [2.24, 2.45) is 0 Å². The summed E-state index contributed by atoms with van der Waals surface area (Å²) in [5, 5.41) is 0. The Hall–Kier alpha value is -2.21. The number of hydrogen-bond acceptors (Lipinski definition) is 5. The molecule has 0 heterocycles. The summed E-state index contributed by atoms with van der Waals surface area (Å²) in [6.07, 6.45) is 1.06. The van der Waals surface area contributed by atoms with Gasteiger partial charge >= 0.3 is 0 Å². The van der Waals surface area contributed by atoms with Gasteiger partial charge in [0, 0.05) is 11.1 Å². The van der Waals surface area contributed by atoms with Crippen LogP contribution in [0.3, 0.4) is 0 Å². The highest BCUT2D eigenvalue weighted by molar-refractivity contribution is 7.96. The van der Waals surface area contributed by atoms with Crippen molar-refractivity contribution >= 4 is 21.4 Å². The Balaban J connectivity index is 2.58. The maximum Gasteiger partial charge on any atom is 0.210 e. The maximum absolute atomic E-state index is 12.6. The fourth-order valence-electron chi connectivity index (χ4n) is 2.12. The van der Waals surface area contributed by atoms with Gasteiger partial charge in [-0.05, 0) is 44.2 Å². The van der Waals surface area contributed by atoms with E-state index < -0.39 is 26.3 Å². The molecule has 0 amide bonds. The van der Waals surface area contributed by atoms with Crippen LogP contribution in [-0.4, -0.2) is 27.1 Å². The number of sulfone groups is 1. The summed E-state index contributed by atoms with van der Waals surface area (Å²) in [5.41, 5.74) is 0.196. The van der Waals surface area contributed by atoms with E-state index in [4.69, 9.17) is 4.74 Å². The highest BCUT2D eigenvalue weighted by Crippen LogP contribution is 2.29. The van der Waals surface area contributed by atoms with Crippen molar-refractivity contribution in [3.8, 4) is 5.75 Å². The topological polar surface area (TPSA) is 77.5 Å². The van der Waals surface area contributed by atoms with Gasteiger partial charge in [0.2, 0.25) is 9.84 Å². The lowest BCUT2D eigenvalue weighted by Crippen LogP contribution is -2.22. The van der Waals surface area contributed by atoms with Gasteiger partial charge in [-0.1, -0.05) is 0 Å². The van der Waals surface area contributed by atoms with Crippen molar-refractivity contribution < 1.29 is 22.7 Å². The van der Waals surface area contributed by atoms with E-state index in [0.717, 1.165) is 6.08 Å². The van der Waals surface area contributed by atoms with Crippen molar-refractivity contribution in [3.63, 3.8) is 0 Å². The minimum atomic E-state index is -4.03. The molecule has 1 aromatic carbocycles. The molecule has 21 heavy (non-hydrogen) atoms. The Bertz CT molecular complexity index is 780. The smallest absolute Gasteiger partial charge is 0.210 e. The summed E-state index contributed by atoms with van der Waals surface area (Å²) in [7, 11) is -2.57. The summed E-state index contributed by atoms with van der Waals surface area (Å²) in [6.45, 7) is 2.84. The molecule has 1 aromatic rings. The number of Topliss-reactive ketones (excluding diaryl/α,β-unsaturated/α-hetero) is 1. The molecule has 0 unspecified atom stereocenters. The van der Waals surface area contributed by atoms with Crippen molar-refractivity contribution in [2.75, 3.05) is 7.11 Å². The number of carbonyl (C=O) groups is 2. The molecule has 0 radical (unpaired) electrons. The fourth-order valence-corrected chi connectivity index (χ4v) is 3.67. The average Bonchev–Trinajstić information content (AvgIpc) is 2.44. The minimum absolute atomic E-state index is 0.0455. The first-order valence-electron chi connectivity index (χ1n) is 6.16. The lowest BCUT2D eigenvalue weighted by molar-refractivity contribution is -0.115. The number of carbonyl (C=O) groups excluding carboxylic acids is 2. The number of allylic oxidation sites excluding steroid dienone is 4. The van der Waals surface area contributed by atoms with Gasteiger partial charge in [0.25, 0.3) is 0 Å². The van der Waals surface area contributed by atoms with E-state index in [0.29, 0.717) is 5.75 Å². The van der Waals surface area contributed by atoms with E-state index in [1.54, 1.807) is 0 Å². The second-order valence-electron chi connectivity index (χ2n) is 4.65. The van der Waals surface area contributed by atoms with Crippen molar-refractivity contribution in [1.29, 1.82) is 0 Å². The fraction of sp³-hybridized carbons (Fsp3) is 0.200. The average molecular weight is 306 g/mol. The third-order valence-electron chi connectivity index (χ3n) is 3.25. The normalized spacial score (nSPS) is 16.0. The maximum atomic E-state index is 12.6. The zero-order valence-electron chi connectivity index (χ0n) is 11.8. The number of benzene rings is 1. The van der Waals surface area contributed by atoms with Gasteiger partial charge < -0.3 is 4.74 Å². The van der Waals surface area contributed by atoms with Gasteiger partial charge in [0.15, 0.2) is 11.6 Å². The molecule has 0 N–H and O–H groups in total.